The summed E-state index contributed by atoms with van der Waals surface area (Å²) in [4.78, 5) is 2.11. The van der Waals surface area contributed by atoms with Gasteiger partial charge in [0.15, 0.2) is 11.5 Å². The van der Waals surface area contributed by atoms with Gasteiger partial charge >= 0.3 is 0 Å². The molecule has 0 bridgehead atoms. The number of aliphatic hydroxyl groups is 1. The van der Waals surface area contributed by atoms with Crippen LogP contribution in [0.5, 0.6) is 11.5 Å². The fourth-order valence-electron chi connectivity index (χ4n) is 3.47. The number of rotatable bonds is 10. The molecule has 1 aromatic carbocycles. The molecule has 0 aromatic heterocycles. The number of ether oxygens (including phenoxy) is 2. The van der Waals surface area contributed by atoms with Crippen molar-refractivity contribution in [3.05, 3.63) is 23.8 Å². The van der Waals surface area contributed by atoms with E-state index in [1.54, 1.807) is 7.11 Å². The number of likely N-dealkylation sites (N-methyl/N-ethyl adjacent to an activating group) is 1. The van der Waals surface area contributed by atoms with E-state index in [1.807, 2.05) is 19.2 Å². The molecule has 0 heterocycles. The first-order valence-electron chi connectivity index (χ1n) is 10.4. The van der Waals surface area contributed by atoms with E-state index in [2.05, 4.69) is 30.1 Å². The molecule has 154 valence electrons. The Morgan fingerprint density at radius 2 is 1.85 bits per heavy atom. The Labute approximate surface area is 165 Å². The first kappa shape index (κ1) is 22.0. The molecule has 1 fully saturated rings. The Morgan fingerprint density at radius 1 is 1.15 bits per heavy atom. The molecule has 1 aliphatic rings. The van der Waals surface area contributed by atoms with Crippen LogP contribution in [0.1, 0.15) is 57.9 Å². The van der Waals surface area contributed by atoms with Gasteiger partial charge in [0.2, 0.25) is 0 Å². The van der Waals surface area contributed by atoms with Crippen molar-refractivity contribution in [3.8, 4) is 11.5 Å². The third-order valence-electron chi connectivity index (χ3n) is 5.49. The van der Waals surface area contributed by atoms with Crippen molar-refractivity contribution in [1.29, 1.82) is 0 Å². The molecule has 0 spiro atoms. The van der Waals surface area contributed by atoms with Crippen LogP contribution >= 0.6 is 0 Å². The van der Waals surface area contributed by atoms with Crippen molar-refractivity contribution in [2.75, 3.05) is 27.3 Å². The molecule has 1 saturated carbocycles. The summed E-state index contributed by atoms with van der Waals surface area (Å²) in [5, 5.41) is 13.9. The first-order chi connectivity index (χ1) is 13.0. The van der Waals surface area contributed by atoms with E-state index in [4.69, 9.17) is 9.47 Å². The number of aliphatic hydroxyl groups excluding tert-OH is 1. The van der Waals surface area contributed by atoms with Crippen molar-refractivity contribution >= 4 is 0 Å². The van der Waals surface area contributed by atoms with E-state index < -0.39 is 6.10 Å². The van der Waals surface area contributed by atoms with E-state index in [0.29, 0.717) is 30.1 Å². The summed E-state index contributed by atoms with van der Waals surface area (Å²) >= 11 is 0. The molecule has 1 atom stereocenters. The summed E-state index contributed by atoms with van der Waals surface area (Å²) in [5.41, 5.74) is 1.18. The maximum absolute atomic E-state index is 10.2. The standard InChI is InChI=1S/C22H38N2O3/c1-17(2)24(3)15-20(25)16-27-22-13-18(11-12-21(22)26-4)14-23-19-9-7-5-6-8-10-19/h11-13,17,19-20,23,25H,5-10,14-16H2,1-4H3/t20-/m1/s1. The highest BCUT2D eigenvalue weighted by Crippen LogP contribution is 2.28. The maximum atomic E-state index is 10.2. The van der Waals surface area contributed by atoms with Gasteiger partial charge < -0.3 is 24.8 Å². The van der Waals surface area contributed by atoms with Gasteiger partial charge in [0.25, 0.3) is 0 Å². The maximum Gasteiger partial charge on any atom is 0.161 e. The van der Waals surface area contributed by atoms with Gasteiger partial charge in [0.05, 0.1) is 7.11 Å². The molecule has 0 radical (unpaired) electrons. The molecular weight excluding hydrogens is 340 g/mol. The van der Waals surface area contributed by atoms with Crippen LogP contribution in [-0.2, 0) is 6.54 Å². The molecule has 1 aliphatic carbocycles. The Kier molecular flexibility index (Phi) is 9.39. The van der Waals surface area contributed by atoms with Crippen molar-refractivity contribution in [2.45, 2.75) is 77.1 Å². The fraction of sp³-hybridized carbons (Fsp3) is 0.727. The van der Waals surface area contributed by atoms with Gasteiger partial charge in [-0.15, -0.1) is 0 Å². The Hall–Kier alpha value is -1.30. The summed E-state index contributed by atoms with van der Waals surface area (Å²) in [6.45, 7) is 5.90. The van der Waals surface area contributed by atoms with E-state index in [1.165, 1.54) is 44.1 Å². The van der Waals surface area contributed by atoms with Crippen LogP contribution in [0.15, 0.2) is 18.2 Å². The van der Waals surface area contributed by atoms with Gasteiger partial charge in [-0.1, -0.05) is 31.7 Å². The monoisotopic (exact) mass is 378 g/mol. The van der Waals surface area contributed by atoms with Gasteiger partial charge in [0.1, 0.15) is 12.7 Å². The Balaban J connectivity index is 1.89. The number of hydrogen-bond acceptors (Lipinski definition) is 5. The average molecular weight is 379 g/mol. The van der Waals surface area contributed by atoms with E-state index >= 15 is 0 Å². The van der Waals surface area contributed by atoms with Gasteiger partial charge in [-0.25, -0.2) is 0 Å². The van der Waals surface area contributed by atoms with Crippen molar-refractivity contribution in [2.24, 2.45) is 0 Å². The molecule has 0 amide bonds. The first-order valence-corrected chi connectivity index (χ1v) is 10.4. The predicted molar refractivity (Wildman–Crippen MR) is 111 cm³/mol. The minimum Gasteiger partial charge on any atom is -0.493 e. The summed E-state index contributed by atoms with van der Waals surface area (Å²) in [6.07, 6.45) is 7.41. The molecule has 1 aromatic rings. The van der Waals surface area contributed by atoms with E-state index in [0.717, 1.165) is 6.54 Å². The van der Waals surface area contributed by atoms with Crippen LogP contribution in [0.2, 0.25) is 0 Å². The van der Waals surface area contributed by atoms with Gasteiger partial charge in [-0.3, -0.25) is 0 Å². The largest absolute Gasteiger partial charge is 0.493 e. The molecular formula is C22H38N2O3. The van der Waals surface area contributed by atoms with Crippen LogP contribution in [-0.4, -0.2) is 55.5 Å². The summed E-state index contributed by atoms with van der Waals surface area (Å²) in [7, 11) is 3.66. The Bertz CT molecular complexity index is 542. The van der Waals surface area contributed by atoms with Crippen LogP contribution < -0.4 is 14.8 Å². The minimum absolute atomic E-state index is 0.257. The SMILES string of the molecule is COc1ccc(CNC2CCCCCC2)cc1OC[C@H](O)CN(C)C(C)C. The minimum atomic E-state index is -0.533. The lowest BCUT2D eigenvalue weighted by Crippen LogP contribution is -2.37. The lowest BCUT2D eigenvalue weighted by Gasteiger charge is -2.24. The van der Waals surface area contributed by atoms with Crippen molar-refractivity contribution < 1.29 is 14.6 Å². The molecule has 0 aliphatic heterocycles. The highest BCUT2D eigenvalue weighted by atomic mass is 16.5. The summed E-state index contributed by atoms with van der Waals surface area (Å²) < 4.78 is 11.3. The third-order valence-corrected chi connectivity index (χ3v) is 5.49. The van der Waals surface area contributed by atoms with Crippen LogP contribution in [0.3, 0.4) is 0 Å². The van der Waals surface area contributed by atoms with Crippen LogP contribution in [0.4, 0.5) is 0 Å². The third kappa shape index (κ3) is 7.68. The molecule has 5 nitrogen and oxygen atoms in total. The van der Waals surface area contributed by atoms with Crippen LogP contribution in [0, 0.1) is 0 Å². The second kappa shape index (κ2) is 11.5. The smallest absolute Gasteiger partial charge is 0.161 e. The van der Waals surface area contributed by atoms with E-state index in [-0.39, 0.29) is 6.61 Å². The summed E-state index contributed by atoms with van der Waals surface area (Å²) in [5.74, 6) is 1.40. The molecule has 5 heteroatoms. The molecule has 0 unspecified atom stereocenters. The van der Waals surface area contributed by atoms with Gasteiger partial charge in [-0.2, -0.15) is 0 Å². The van der Waals surface area contributed by atoms with Gasteiger partial charge in [0, 0.05) is 25.2 Å². The normalized spacial score (nSPS) is 17.1. The number of nitrogens with one attached hydrogen (secondary N) is 1. The molecule has 0 saturated heterocycles. The number of methoxy groups -OCH3 is 1. The lowest BCUT2D eigenvalue weighted by atomic mass is 10.1. The quantitative estimate of drug-likeness (QED) is 0.610. The second-order valence-electron chi connectivity index (χ2n) is 8.05. The highest BCUT2D eigenvalue weighted by Gasteiger charge is 2.15. The zero-order valence-corrected chi connectivity index (χ0v) is 17.5. The second-order valence-corrected chi connectivity index (χ2v) is 8.05. The number of nitrogens with zero attached hydrogens (tertiary/aromatic N) is 1. The van der Waals surface area contributed by atoms with E-state index in [9.17, 15) is 5.11 Å². The average Bonchev–Trinajstić information content (AvgIpc) is 2.93. The predicted octanol–water partition coefficient (Wildman–Crippen LogP) is 3.59. The van der Waals surface area contributed by atoms with Crippen molar-refractivity contribution in [3.63, 3.8) is 0 Å². The highest BCUT2D eigenvalue weighted by molar-refractivity contribution is 5.43. The summed E-state index contributed by atoms with van der Waals surface area (Å²) in [6, 6.07) is 7.08. The zero-order chi connectivity index (χ0) is 19.6. The topological polar surface area (TPSA) is 54.0 Å². The van der Waals surface area contributed by atoms with Gasteiger partial charge in [-0.05, 0) is 51.4 Å². The molecule has 2 N–H and O–H groups in total. The number of benzene rings is 1. The fourth-order valence-corrected chi connectivity index (χ4v) is 3.47. The molecule has 2 rings (SSSR count). The molecule has 27 heavy (non-hydrogen) atoms. The van der Waals surface area contributed by atoms with Crippen molar-refractivity contribution in [1.82, 2.24) is 10.2 Å². The number of hydrogen-bond donors (Lipinski definition) is 2. The lowest BCUT2D eigenvalue weighted by molar-refractivity contribution is 0.0668. The Morgan fingerprint density at radius 3 is 2.48 bits per heavy atom. The zero-order valence-electron chi connectivity index (χ0n) is 17.5. The van der Waals surface area contributed by atoms with Crippen LogP contribution in [0.25, 0.3) is 0 Å².